The number of ketones is 3. The fourth-order valence-corrected chi connectivity index (χ4v) is 8.23. The molecule has 364 valence electrons. The highest BCUT2D eigenvalue weighted by Gasteiger charge is 2.50. The highest BCUT2D eigenvalue weighted by molar-refractivity contribution is 6.31. The molecule has 5 amide bonds. The Labute approximate surface area is 387 Å². The van der Waals surface area contributed by atoms with E-state index in [1.165, 1.54) is 70.3 Å². The molecule has 23 nitrogen and oxygen atoms in total. The average Bonchev–Trinajstić information content (AvgIpc) is 3.29. The number of phenolic OH excluding ortho intramolecular Hbond substituents is 2. The molecule has 1 aliphatic heterocycles. The summed E-state index contributed by atoms with van der Waals surface area (Å²) in [7, 11) is 1.28. The number of aromatic hydroxyl groups is 2. The molecule has 6 rings (SSSR count). The molecule has 0 aromatic heterocycles. The Morgan fingerprint density at radius 3 is 2.24 bits per heavy atom. The van der Waals surface area contributed by atoms with Crippen molar-refractivity contribution in [2.45, 2.75) is 107 Å². The van der Waals surface area contributed by atoms with Gasteiger partial charge in [0.25, 0.3) is 0 Å². The minimum atomic E-state index is -2.41. The van der Waals surface area contributed by atoms with Crippen molar-refractivity contribution in [1.29, 1.82) is 0 Å². The van der Waals surface area contributed by atoms with Crippen LogP contribution in [0.2, 0.25) is 0 Å². The molecule has 3 aromatic rings. The number of phenols is 2. The van der Waals surface area contributed by atoms with E-state index in [1.807, 2.05) is 0 Å². The quantitative estimate of drug-likeness (QED) is 0.0608. The summed E-state index contributed by atoms with van der Waals surface area (Å²) in [6, 6.07) is 5.61. The number of carbonyl (C=O) groups is 8. The number of alkyl carbamates (subject to hydrolysis) is 1. The van der Waals surface area contributed by atoms with Gasteiger partial charge in [0.05, 0.1) is 54.5 Å². The second kappa shape index (κ2) is 20.5. The monoisotopic (exact) mass is 948 g/mol. The summed E-state index contributed by atoms with van der Waals surface area (Å²) in [4.78, 5) is 103. The molecule has 0 radical (unpaired) electrons. The Kier molecular flexibility index (Phi) is 15.2. The number of hydrogen-bond donors (Lipinski definition) is 11. The lowest BCUT2D eigenvalue weighted by atomic mass is 9.72. The molecule has 9 atom stereocenters. The van der Waals surface area contributed by atoms with Gasteiger partial charge in [0.2, 0.25) is 29.4 Å². The molecule has 68 heavy (non-hydrogen) atoms. The molecule has 1 saturated heterocycles. The zero-order valence-corrected chi connectivity index (χ0v) is 37.2. The lowest BCUT2D eigenvalue weighted by molar-refractivity contribution is -0.249. The number of Topliss-reactive ketones (excluding diaryl/α,β-unsaturated/α-hetero) is 1. The van der Waals surface area contributed by atoms with Crippen LogP contribution in [0.3, 0.4) is 0 Å². The Morgan fingerprint density at radius 2 is 1.60 bits per heavy atom. The van der Waals surface area contributed by atoms with E-state index in [0.29, 0.717) is 5.56 Å². The van der Waals surface area contributed by atoms with Gasteiger partial charge in [-0.1, -0.05) is 24.3 Å². The molecule has 0 unspecified atom stereocenters. The van der Waals surface area contributed by atoms with Gasteiger partial charge in [-0.05, 0) is 44.5 Å². The number of nitrogens with one attached hydrogen (secondary N) is 4. The number of methoxy groups -OCH3 is 1. The number of anilines is 1. The highest BCUT2D eigenvalue weighted by atomic mass is 16.7. The maximum Gasteiger partial charge on any atom is 0.407 e. The van der Waals surface area contributed by atoms with E-state index >= 15 is 0 Å². The molecule has 1 fully saturated rings. The SMILES string of the molecule is COc1cccc2c1C(=O)c1c(O)c3c(c(O)c1C2=O)C[C@@](O)(C(=O)CO)C[C@@H]3O[C@H]1C[C@H](NC(=O)OCc2ccc(NC(=O)[C@H](CC(N)=O)NC(=O)[C@H](C)NC(=O)[C@H](C)N)cc2)[C@H](O)[C@H](C)O1. The van der Waals surface area contributed by atoms with Crippen LogP contribution in [0.5, 0.6) is 17.2 Å². The summed E-state index contributed by atoms with van der Waals surface area (Å²) in [6.07, 6.45) is -8.44. The molecule has 1 heterocycles. The molecule has 2 aliphatic carbocycles. The van der Waals surface area contributed by atoms with Crippen molar-refractivity contribution in [3.63, 3.8) is 0 Å². The van der Waals surface area contributed by atoms with Crippen molar-refractivity contribution in [3.05, 3.63) is 81.4 Å². The first-order valence-corrected chi connectivity index (χ1v) is 21.3. The van der Waals surface area contributed by atoms with Crippen LogP contribution in [0.4, 0.5) is 10.5 Å². The normalized spacial score (nSPS) is 23.0. The molecule has 0 bridgehead atoms. The van der Waals surface area contributed by atoms with Gasteiger partial charge in [0.1, 0.15) is 54.3 Å². The van der Waals surface area contributed by atoms with Crippen molar-refractivity contribution < 1.29 is 82.8 Å². The van der Waals surface area contributed by atoms with Crippen LogP contribution in [0.15, 0.2) is 42.5 Å². The van der Waals surface area contributed by atoms with Crippen molar-refractivity contribution >= 4 is 52.8 Å². The van der Waals surface area contributed by atoms with Gasteiger partial charge in [0, 0.05) is 41.6 Å². The van der Waals surface area contributed by atoms with E-state index in [9.17, 15) is 63.9 Å². The Hall–Kier alpha value is -7.02. The van der Waals surface area contributed by atoms with Gasteiger partial charge in [-0.15, -0.1) is 0 Å². The average molecular weight is 949 g/mol. The molecule has 0 spiro atoms. The Morgan fingerprint density at radius 1 is 0.926 bits per heavy atom. The van der Waals surface area contributed by atoms with E-state index in [4.69, 9.17) is 30.4 Å². The van der Waals surface area contributed by atoms with Crippen LogP contribution in [0.1, 0.15) is 94.7 Å². The first-order valence-electron chi connectivity index (χ1n) is 21.3. The molecular formula is C45H52N6O17. The topological polar surface area (TPSA) is 375 Å². The summed E-state index contributed by atoms with van der Waals surface area (Å²) in [5.74, 6) is -7.43. The molecule has 13 N–H and O–H groups in total. The number of nitrogens with two attached hydrogens (primary N) is 2. The van der Waals surface area contributed by atoms with Gasteiger partial charge < -0.3 is 77.2 Å². The largest absolute Gasteiger partial charge is 0.507 e. The van der Waals surface area contributed by atoms with Crippen LogP contribution >= 0.6 is 0 Å². The Bertz CT molecular complexity index is 2530. The number of carbonyl (C=O) groups excluding carboxylic acids is 8. The van der Waals surface area contributed by atoms with Crippen LogP contribution in [0.25, 0.3) is 0 Å². The van der Waals surface area contributed by atoms with E-state index in [-0.39, 0.29) is 46.7 Å². The number of ether oxygens (including phenoxy) is 4. The van der Waals surface area contributed by atoms with Gasteiger partial charge in [0.15, 0.2) is 17.9 Å². The highest BCUT2D eigenvalue weighted by Crippen LogP contribution is 2.52. The van der Waals surface area contributed by atoms with Crippen LogP contribution in [-0.4, -0.2) is 135 Å². The van der Waals surface area contributed by atoms with Crippen molar-refractivity contribution in [2.24, 2.45) is 11.5 Å². The fourth-order valence-electron chi connectivity index (χ4n) is 8.23. The number of rotatable bonds is 16. The third-order valence-electron chi connectivity index (χ3n) is 11.9. The fraction of sp³-hybridized carbons (Fsp3) is 0.422. The number of hydrogen-bond acceptors (Lipinski definition) is 18. The minimum Gasteiger partial charge on any atom is -0.507 e. The third kappa shape index (κ3) is 10.4. The maximum atomic E-state index is 14.0. The second-order valence-corrected chi connectivity index (χ2v) is 16.8. The number of amides is 5. The van der Waals surface area contributed by atoms with Crippen LogP contribution in [0, 0.1) is 0 Å². The molecule has 3 aromatic carbocycles. The number of benzene rings is 3. The molecule has 23 heteroatoms. The van der Waals surface area contributed by atoms with Crippen molar-refractivity contribution in [1.82, 2.24) is 16.0 Å². The predicted octanol–water partition coefficient (Wildman–Crippen LogP) is -0.880. The van der Waals surface area contributed by atoms with Crippen molar-refractivity contribution in [2.75, 3.05) is 19.0 Å². The second-order valence-electron chi connectivity index (χ2n) is 16.8. The lowest BCUT2D eigenvalue weighted by Gasteiger charge is -2.42. The van der Waals surface area contributed by atoms with Gasteiger partial charge in [-0.25, -0.2) is 4.79 Å². The zero-order valence-electron chi connectivity index (χ0n) is 37.2. The van der Waals surface area contributed by atoms with Crippen molar-refractivity contribution in [3.8, 4) is 17.2 Å². The number of aliphatic hydroxyl groups is 3. The van der Waals surface area contributed by atoms with E-state index in [0.717, 1.165) is 0 Å². The summed E-state index contributed by atoms with van der Waals surface area (Å²) in [5.41, 5.74) is 7.07. The minimum absolute atomic E-state index is 0.0231. The lowest BCUT2D eigenvalue weighted by Crippen LogP contribution is -2.56. The van der Waals surface area contributed by atoms with E-state index < -0.39 is 150 Å². The van der Waals surface area contributed by atoms with E-state index in [2.05, 4.69) is 21.3 Å². The third-order valence-corrected chi connectivity index (χ3v) is 11.9. The molecule has 3 aliphatic rings. The summed E-state index contributed by atoms with van der Waals surface area (Å²) in [6.45, 7) is 2.81. The van der Waals surface area contributed by atoms with Gasteiger partial charge >= 0.3 is 6.09 Å². The molecule has 0 saturated carbocycles. The van der Waals surface area contributed by atoms with E-state index in [1.54, 1.807) is 0 Å². The predicted molar refractivity (Wildman–Crippen MR) is 233 cm³/mol. The number of fused-ring (bicyclic) bond motifs is 3. The van der Waals surface area contributed by atoms with Crippen LogP contribution in [-0.2, 0) is 51.2 Å². The summed E-state index contributed by atoms with van der Waals surface area (Å²) in [5, 5.41) is 65.7. The molecular weight excluding hydrogens is 897 g/mol. The smallest absolute Gasteiger partial charge is 0.407 e. The maximum absolute atomic E-state index is 14.0. The number of primary amides is 1. The first-order chi connectivity index (χ1) is 32.1. The van der Waals surface area contributed by atoms with Gasteiger partial charge in [-0.3, -0.25) is 33.6 Å². The zero-order chi connectivity index (χ0) is 49.9. The summed E-state index contributed by atoms with van der Waals surface area (Å²) < 4.78 is 22.8. The first kappa shape index (κ1) is 50.4. The standard InChI is InChI=1S/C45H52N6O17/c1-18(46)41(60)48-19(2)42(61)50-26(12-30(47)54)43(62)49-22-10-8-21(9-11-22)17-66-44(63)51-25-13-31(67-20(3)36(25)55)68-28-15-45(64,29(53)16-52)14-24-33(28)40(59)35-34(38(24)57)37(56)23-6-5-7-27(65-4)32(23)39(35)58/h5-11,18-20,25-26,28,31,36,52,55,57,59,64H,12-17,46H2,1-4H3,(H2,47,54)(H,48,60)(H,49,62)(H,50,61)(H,51,63)/t18-,19-,20-,25-,26-,28-,31-,36+,45-/m0/s1. The van der Waals surface area contributed by atoms with Gasteiger partial charge in [-0.2, -0.15) is 0 Å². The summed E-state index contributed by atoms with van der Waals surface area (Å²) >= 11 is 0. The van der Waals surface area contributed by atoms with Crippen LogP contribution < -0.4 is 37.5 Å². The Balaban J connectivity index is 1.13. The number of aliphatic hydroxyl groups excluding tert-OH is 2.